The third-order valence-electron chi connectivity index (χ3n) is 8.46. The highest BCUT2D eigenvalue weighted by molar-refractivity contribution is 8.18. The van der Waals surface area contributed by atoms with Crippen LogP contribution in [-0.4, -0.2) is 22.7 Å². The van der Waals surface area contributed by atoms with E-state index < -0.39 is 0 Å². The summed E-state index contributed by atoms with van der Waals surface area (Å²) in [6, 6.07) is 11.6. The molecule has 4 aliphatic carbocycles. The molecule has 36 heavy (non-hydrogen) atoms. The van der Waals surface area contributed by atoms with Gasteiger partial charge in [0.15, 0.2) is 0 Å². The molecule has 0 spiro atoms. The highest BCUT2D eigenvalue weighted by Gasteiger charge is 2.51. The number of hydrogen-bond donors (Lipinski definition) is 0. The second-order valence-corrected chi connectivity index (χ2v) is 12.7. The molecule has 2 aromatic carbocycles. The fourth-order valence-corrected chi connectivity index (χ4v) is 8.64. The summed E-state index contributed by atoms with van der Waals surface area (Å²) in [6.07, 6.45) is 9.83. The van der Waals surface area contributed by atoms with Crippen molar-refractivity contribution >= 4 is 52.2 Å². The predicted octanol–water partition coefficient (Wildman–Crippen LogP) is 8.10. The minimum Gasteiger partial charge on any atom is -0.493 e. The highest BCUT2D eigenvalue weighted by Crippen LogP contribution is 2.61. The van der Waals surface area contributed by atoms with Crippen LogP contribution in [0.25, 0.3) is 6.08 Å². The van der Waals surface area contributed by atoms with Crippen molar-refractivity contribution in [2.75, 3.05) is 6.61 Å². The molecule has 0 aromatic heterocycles. The topological polar surface area (TPSA) is 46.6 Å². The average Bonchev–Trinajstić information content (AvgIpc) is 3.08. The zero-order valence-electron chi connectivity index (χ0n) is 20.3. The number of thioether (sulfide) groups is 1. The van der Waals surface area contributed by atoms with Gasteiger partial charge in [-0.3, -0.25) is 14.5 Å². The first kappa shape index (κ1) is 24.4. The fraction of sp³-hybridized carbons (Fsp3) is 0.448. The summed E-state index contributed by atoms with van der Waals surface area (Å²) in [5, 5.41) is 0.653. The third-order valence-corrected chi connectivity index (χ3v) is 9.96. The first-order valence-electron chi connectivity index (χ1n) is 12.8. The Bertz CT molecular complexity index is 1240. The zero-order valence-corrected chi connectivity index (χ0v) is 22.6. The smallest absolute Gasteiger partial charge is 0.293 e. The number of benzene rings is 2. The average molecular weight is 543 g/mol. The van der Waals surface area contributed by atoms with Gasteiger partial charge in [-0.05, 0) is 122 Å². The van der Waals surface area contributed by atoms with E-state index >= 15 is 0 Å². The van der Waals surface area contributed by atoms with Gasteiger partial charge in [0.25, 0.3) is 11.1 Å². The lowest BCUT2D eigenvalue weighted by Gasteiger charge is -2.57. The molecule has 0 unspecified atom stereocenters. The van der Waals surface area contributed by atoms with Crippen LogP contribution >= 0.6 is 35.0 Å². The number of rotatable bonds is 6. The van der Waals surface area contributed by atoms with Gasteiger partial charge in [-0.15, -0.1) is 0 Å². The third kappa shape index (κ3) is 4.37. The van der Waals surface area contributed by atoms with Gasteiger partial charge in [-0.2, -0.15) is 0 Å². The molecule has 2 aromatic rings. The van der Waals surface area contributed by atoms with Crippen LogP contribution in [0.3, 0.4) is 0 Å². The Hall–Kier alpha value is -1.95. The van der Waals surface area contributed by atoms with Gasteiger partial charge in [-0.25, -0.2) is 0 Å². The minimum atomic E-state index is -0.307. The molecule has 0 N–H and O–H groups in total. The molecule has 4 nitrogen and oxygen atoms in total. The van der Waals surface area contributed by atoms with E-state index in [0.717, 1.165) is 40.8 Å². The molecule has 5 fully saturated rings. The lowest BCUT2D eigenvalue weighted by atomic mass is 9.48. The van der Waals surface area contributed by atoms with Gasteiger partial charge in [-0.1, -0.05) is 35.3 Å². The van der Waals surface area contributed by atoms with E-state index in [2.05, 4.69) is 18.2 Å². The van der Waals surface area contributed by atoms with Crippen LogP contribution in [-0.2, 0) is 16.8 Å². The molecular formula is C29H29Cl2NO3S. The minimum absolute atomic E-state index is 0.115. The van der Waals surface area contributed by atoms with Crippen molar-refractivity contribution < 1.29 is 14.3 Å². The van der Waals surface area contributed by atoms with Crippen molar-refractivity contribution in [1.29, 1.82) is 0 Å². The van der Waals surface area contributed by atoms with Gasteiger partial charge in [0.05, 0.1) is 18.1 Å². The lowest BCUT2D eigenvalue weighted by Crippen LogP contribution is -2.48. The molecule has 1 saturated heterocycles. The molecule has 4 bridgehead atoms. The standard InChI is InChI=1S/C29H29Cl2NO3S/c1-2-35-25-6-4-22(29-13-17-7-18(14-29)9-19(8-17)15-29)10-21(25)11-26-27(33)32(28(34)36-26)16-20-3-5-23(30)12-24(20)31/h3-6,10-12,17-19H,2,7-9,13-16H2,1H3/b26-11+. The number of carbonyl (C=O) groups excluding carboxylic acids is 2. The largest absolute Gasteiger partial charge is 0.493 e. The summed E-state index contributed by atoms with van der Waals surface area (Å²) in [5.41, 5.74) is 3.17. The fourth-order valence-electron chi connectivity index (χ4n) is 7.34. The van der Waals surface area contributed by atoms with Crippen LogP contribution in [0.2, 0.25) is 10.0 Å². The van der Waals surface area contributed by atoms with Crippen molar-refractivity contribution in [2.45, 2.75) is 57.4 Å². The van der Waals surface area contributed by atoms with Crippen LogP contribution in [0, 0.1) is 17.8 Å². The Balaban J connectivity index is 1.31. The van der Waals surface area contributed by atoms with Gasteiger partial charge < -0.3 is 4.74 Å². The maximum Gasteiger partial charge on any atom is 0.293 e. The molecule has 188 valence electrons. The maximum atomic E-state index is 13.3. The second-order valence-electron chi connectivity index (χ2n) is 10.9. The van der Waals surface area contributed by atoms with Gasteiger partial charge in [0, 0.05) is 15.6 Å². The van der Waals surface area contributed by atoms with Gasteiger partial charge in [0.2, 0.25) is 0 Å². The lowest BCUT2D eigenvalue weighted by molar-refractivity contribution is -0.123. The molecule has 7 heteroatoms. The van der Waals surface area contributed by atoms with E-state index in [1.165, 1.54) is 49.0 Å². The SMILES string of the molecule is CCOc1ccc(C23CC4CC(CC(C4)C2)C3)cc1/C=C1/SC(=O)N(Cc2ccc(Cl)cc2Cl)C1=O. The number of nitrogens with zero attached hydrogens (tertiary/aromatic N) is 1. The van der Waals surface area contributed by atoms with Crippen molar-refractivity contribution in [3.63, 3.8) is 0 Å². The number of hydrogen-bond acceptors (Lipinski definition) is 4. The summed E-state index contributed by atoms with van der Waals surface area (Å²) in [7, 11) is 0. The van der Waals surface area contributed by atoms with Crippen LogP contribution < -0.4 is 4.74 Å². The van der Waals surface area contributed by atoms with E-state index in [4.69, 9.17) is 27.9 Å². The van der Waals surface area contributed by atoms with E-state index in [-0.39, 0.29) is 23.1 Å². The van der Waals surface area contributed by atoms with Gasteiger partial charge in [0.1, 0.15) is 5.75 Å². The zero-order chi connectivity index (χ0) is 25.0. The van der Waals surface area contributed by atoms with Crippen molar-refractivity contribution in [3.8, 4) is 5.75 Å². The number of halogens is 2. The van der Waals surface area contributed by atoms with Gasteiger partial charge >= 0.3 is 0 Å². The summed E-state index contributed by atoms with van der Waals surface area (Å²) in [5.74, 6) is 2.99. The number of imide groups is 1. The molecule has 2 amide bonds. The number of ether oxygens (including phenoxy) is 1. The van der Waals surface area contributed by atoms with Crippen LogP contribution in [0.4, 0.5) is 4.79 Å². The Morgan fingerprint density at radius 2 is 1.72 bits per heavy atom. The molecule has 5 aliphatic rings. The van der Waals surface area contributed by atoms with E-state index in [0.29, 0.717) is 27.1 Å². The maximum absolute atomic E-state index is 13.3. The highest BCUT2D eigenvalue weighted by atomic mass is 35.5. The Kier molecular flexibility index (Phi) is 6.38. The van der Waals surface area contributed by atoms with E-state index in [1.807, 2.05) is 13.0 Å². The van der Waals surface area contributed by atoms with Crippen molar-refractivity contribution in [3.05, 3.63) is 68.0 Å². The molecule has 4 saturated carbocycles. The monoisotopic (exact) mass is 541 g/mol. The number of carbonyl (C=O) groups is 2. The van der Waals surface area contributed by atoms with Crippen LogP contribution in [0.15, 0.2) is 41.3 Å². The predicted molar refractivity (Wildman–Crippen MR) is 145 cm³/mol. The van der Waals surface area contributed by atoms with Crippen LogP contribution in [0.5, 0.6) is 5.75 Å². The molecule has 1 heterocycles. The summed E-state index contributed by atoms with van der Waals surface area (Å²) >= 11 is 13.3. The quantitative estimate of drug-likeness (QED) is 0.346. The summed E-state index contributed by atoms with van der Waals surface area (Å²) in [4.78, 5) is 27.7. The Labute approximate surface area is 226 Å². The molecule has 7 rings (SSSR count). The summed E-state index contributed by atoms with van der Waals surface area (Å²) in [6.45, 7) is 2.61. The van der Waals surface area contributed by atoms with Crippen LogP contribution in [0.1, 0.15) is 62.1 Å². The molecule has 0 atom stereocenters. The Morgan fingerprint density at radius 1 is 1.03 bits per heavy atom. The molecule has 0 radical (unpaired) electrons. The normalized spacial score (nSPS) is 30.0. The van der Waals surface area contributed by atoms with Crippen molar-refractivity contribution in [1.82, 2.24) is 4.90 Å². The molecular weight excluding hydrogens is 513 g/mol. The first-order valence-corrected chi connectivity index (χ1v) is 14.4. The Morgan fingerprint density at radius 3 is 2.36 bits per heavy atom. The second kappa shape index (κ2) is 9.41. The summed E-state index contributed by atoms with van der Waals surface area (Å²) < 4.78 is 5.94. The molecule has 1 aliphatic heterocycles. The van der Waals surface area contributed by atoms with E-state index in [9.17, 15) is 9.59 Å². The number of amides is 2. The first-order chi connectivity index (χ1) is 17.3. The van der Waals surface area contributed by atoms with Crippen molar-refractivity contribution in [2.24, 2.45) is 17.8 Å². The van der Waals surface area contributed by atoms with E-state index in [1.54, 1.807) is 18.2 Å².